The van der Waals surface area contributed by atoms with Gasteiger partial charge in [0.1, 0.15) is 5.82 Å². The minimum Gasteiger partial charge on any atom is -0.384 e. The van der Waals surface area contributed by atoms with E-state index < -0.39 is 0 Å². The van der Waals surface area contributed by atoms with Crippen molar-refractivity contribution in [1.29, 1.82) is 0 Å². The van der Waals surface area contributed by atoms with Gasteiger partial charge in [0.25, 0.3) is 0 Å². The molecule has 4 heteroatoms. The van der Waals surface area contributed by atoms with Crippen molar-refractivity contribution >= 4 is 17.4 Å². The van der Waals surface area contributed by atoms with Crippen LogP contribution in [-0.4, -0.2) is 9.78 Å². The van der Waals surface area contributed by atoms with Crippen molar-refractivity contribution in [2.24, 2.45) is 0 Å². The van der Waals surface area contributed by atoms with Crippen molar-refractivity contribution < 1.29 is 0 Å². The summed E-state index contributed by atoms with van der Waals surface area (Å²) in [6, 6.07) is 7.69. The average molecular weight is 222 g/mol. The average Bonchev–Trinajstić information content (AvgIpc) is 2.53. The second-order valence-corrected chi connectivity index (χ2v) is 3.87. The van der Waals surface area contributed by atoms with E-state index in [1.165, 1.54) is 0 Å². The summed E-state index contributed by atoms with van der Waals surface area (Å²) in [5, 5.41) is 4.93. The Labute approximate surface area is 93.5 Å². The van der Waals surface area contributed by atoms with Crippen LogP contribution in [0, 0.1) is 6.92 Å². The van der Waals surface area contributed by atoms with E-state index in [1.807, 2.05) is 31.2 Å². The predicted octanol–water partition coefficient (Wildman–Crippen LogP) is 2.48. The number of nitrogens with two attached hydrogens (primary N) is 1. The molecule has 2 rings (SSSR count). The van der Waals surface area contributed by atoms with Gasteiger partial charge in [0.15, 0.2) is 0 Å². The molecular formula is C11H12ClN3. The summed E-state index contributed by atoms with van der Waals surface area (Å²) >= 11 is 6.05. The Balaban J connectivity index is 2.30. The summed E-state index contributed by atoms with van der Waals surface area (Å²) in [6.07, 6.45) is 1.76. The van der Waals surface area contributed by atoms with Crippen LogP contribution in [0.5, 0.6) is 0 Å². The van der Waals surface area contributed by atoms with Crippen LogP contribution in [0.25, 0.3) is 0 Å². The number of anilines is 1. The quantitative estimate of drug-likeness (QED) is 0.847. The van der Waals surface area contributed by atoms with E-state index in [1.54, 1.807) is 10.9 Å². The van der Waals surface area contributed by atoms with Gasteiger partial charge in [-0.3, -0.25) is 0 Å². The first kappa shape index (κ1) is 10.1. The molecule has 0 saturated heterocycles. The molecule has 3 nitrogen and oxygen atoms in total. The highest BCUT2D eigenvalue weighted by Crippen LogP contribution is 2.18. The molecule has 1 aromatic heterocycles. The van der Waals surface area contributed by atoms with Crippen molar-refractivity contribution in [3.63, 3.8) is 0 Å². The summed E-state index contributed by atoms with van der Waals surface area (Å²) in [5.41, 5.74) is 7.87. The SMILES string of the molecule is Cc1cnn(Cc2ccccc2Cl)c1N. The van der Waals surface area contributed by atoms with Crippen molar-refractivity contribution in [3.05, 3.63) is 46.6 Å². The summed E-state index contributed by atoms with van der Waals surface area (Å²) in [4.78, 5) is 0. The third-order valence-corrected chi connectivity index (χ3v) is 2.72. The minimum atomic E-state index is 0.610. The molecule has 0 fully saturated rings. The number of aromatic nitrogens is 2. The first-order valence-corrected chi connectivity index (χ1v) is 5.07. The lowest BCUT2D eigenvalue weighted by atomic mass is 10.2. The maximum Gasteiger partial charge on any atom is 0.124 e. The summed E-state index contributed by atoms with van der Waals surface area (Å²) in [7, 11) is 0. The van der Waals surface area contributed by atoms with Crippen LogP contribution < -0.4 is 5.73 Å². The number of aryl methyl sites for hydroxylation is 1. The Morgan fingerprint density at radius 1 is 1.40 bits per heavy atom. The number of benzene rings is 1. The second kappa shape index (κ2) is 3.95. The Bertz CT molecular complexity index is 476. The lowest BCUT2D eigenvalue weighted by Crippen LogP contribution is -2.06. The Hall–Kier alpha value is -1.48. The monoisotopic (exact) mass is 221 g/mol. The number of rotatable bonds is 2. The van der Waals surface area contributed by atoms with Gasteiger partial charge in [0.05, 0.1) is 12.7 Å². The number of nitrogen functional groups attached to an aromatic ring is 1. The minimum absolute atomic E-state index is 0.610. The van der Waals surface area contributed by atoms with Crippen LogP contribution in [0.15, 0.2) is 30.5 Å². The molecule has 0 spiro atoms. The van der Waals surface area contributed by atoms with Crippen LogP contribution in [0.3, 0.4) is 0 Å². The van der Waals surface area contributed by atoms with Gasteiger partial charge < -0.3 is 5.73 Å². The first-order chi connectivity index (χ1) is 7.18. The molecular weight excluding hydrogens is 210 g/mol. The second-order valence-electron chi connectivity index (χ2n) is 3.46. The summed E-state index contributed by atoms with van der Waals surface area (Å²) in [6.45, 7) is 2.55. The molecule has 1 aromatic carbocycles. The van der Waals surface area contributed by atoms with Gasteiger partial charge in [-0.2, -0.15) is 5.10 Å². The van der Waals surface area contributed by atoms with Crippen LogP contribution in [-0.2, 0) is 6.54 Å². The van der Waals surface area contributed by atoms with E-state index in [-0.39, 0.29) is 0 Å². The van der Waals surface area contributed by atoms with E-state index in [0.29, 0.717) is 12.4 Å². The molecule has 0 saturated carbocycles. The van der Waals surface area contributed by atoms with Crippen molar-refractivity contribution in [3.8, 4) is 0 Å². The molecule has 0 unspecified atom stereocenters. The molecule has 78 valence electrons. The lowest BCUT2D eigenvalue weighted by molar-refractivity contribution is 0.697. The third kappa shape index (κ3) is 1.97. The Kier molecular flexibility index (Phi) is 2.64. The predicted molar refractivity (Wildman–Crippen MR) is 61.9 cm³/mol. The molecule has 2 N–H and O–H groups in total. The zero-order valence-electron chi connectivity index (χ0n) is 8.44. The van der Waals surface area contributed by atoms with E-state index in [2.05, 4.69) is 5.10 Å². The molecule has 0 aliphatic carbocycles. The Morgan fingerprint density at radius 3 is 2.73 bits per heavy atom. The molecule has 0 bridgehead atoms. The van der Waals surface area contributed by atoms with Crippen molar-refractivity contribution in [2.75, 3.05) is 5.73 Å². The van der Waals surface area contributed by atoms with Gasteiger partial charge in [-0.05, 0) is 18.6 Å². The number of hydrogen-bond donors (Lipinski definition) is 1. The topological polar surface area (TPSA) is 43.8 Å². The Morgan fingerprint density at radius 2 is 2.13 bits per heavy atom. The van der Waals surface area contributed by atoms with Gasteiger partial charge >= 0.3 is 0 Å². The normalized spacial score (nSPS) is 10.5. The molecule has 0 amide bonds. The molecule has 2 aromatic rings. The maximum atomic E-state index is 6.05. The van der Waals surface area contributed by atoms with Crippen molar-refractivity contribution in [1.82, 2.24) is 9.78 Å². The largest absolute Gasteiger partial charge is 0.384 e. The van der Waals surface area contributed by atoms with Gasteiger partial charge in [-0.25, -0.2) is 4.68 Å². The zero-order valence-corrected chi connectivity index (χ0v) is 9.20. The molecule has 15 heavy (non-hydrogen) atoms. The third-order valence-electron chi connectivity index (χ3n) is 2.35. The highest BCUT2D eigenvalue weighted by Gasteiger charge is 2.05. The smallest absolute Gasteiger partial charge is 0.124 e. The van der Waals surface area contributed by atoms with E-state index in [4.69, 9.17) is 17.3 Å². The number of nitrogens with zero attached hydrogens (tertiary/aromatic N) is 2. The molecule has 0 radical (unpaired) electrons. The fourth-order valence-corrected chi connectivity index (χ4v) is 1.60. The van der Waals surface area contributed by atoms with E-state index in [9.17, 15) is 0 Å². The van der Waals surface area contributed by atoms with E-state index in [0.717, 1.165) is 16.1 Å². The van der Waals surface area contributed by atoms with Gasteiger partial charge in [-0.15, -0.1) is 0 Å². The van der Waals surface area contributed by atoms with Gasteiger partial charge in [0, 0.05) is 10.6 Å². The van der Waals surface area contributed by atoms with Crippen LogP contribution in [0.1, 0.15) is 11.1 Å². The fourth-order valence-electron chi connectivity index (χ4n) is 1.40. The lowest BCUT2D eigenvalue weighted by Gasteiger charge is -2.06. The van der Waals surface area contributed by atoms with E-state index >= 15 is 0 Å². The fraction of sp³-hybridized carbons (Fsp3) is 0.182. The maximum absolute atomic E-state index is 6.05. The molecule has 0 atom stereocenters. The number of halogens is 1. The van der Waals surface area contributed by atoms with Crippen LogP contribution in [0.2, 0.25) is 5.02 Å². The highest BCUT2D eigenvalue weighted by atomic mass is 35.5. The number of hydrogen-bond acceptors (Lipinski definition) is 2. The zero-order chi connectivity index (χ0) is 10.8. The molecule has 0 aliphatic heterocycles. The van der Waals surface area contributed by atoms with Gasteiger partial charge in [-0.1, -0.05) is 29.8 Å². The summed E-state index contributed by atoms with van der Waals surface area (Å²) < 4.78 is 1.75. The molecule has 0 aliphatic rings. The first-order valence-electron chi connectivity index (χ1n) is 4.70. The molecule has 1 heterocycles. The summed E-state index contributed by atoms with van der Waals surface area (Å²) in [5.74, 6) is 0.690. The van der Waals surface area contributed by atoms with Gasteiger partial charge in [0.2, 0.25) is 0 Å². The van der Waals surface area contributed by atoms with Crippen molar-refractivity contribution in [2.45, 2.75) is 13.5 Å². The van der Waals surface area contributed by atoms with Crippen LogP contribution in [0.4, 0.5) is 5.82 Å². The standard InChI is InChI=1S/C11H12ClN3/c1-8-6-14-15(11(8)13)7-9-4-2-3-5-10(9)12/h2-6H,7,13H2,1H3. The highest BCUT2D eigenvalue weighted by molar-refractivity contribution is 6.31. The van der Waals surface area contributed by atoms with Crippen LogP contribution >= 0.6 is 11.6 Å².